The lowest BCUT2D eigenvalue weighted by atomic mass is 9.51. The maximum atomic E-state index is 11.2. The van der Waals surface area contributed by atoms with Gasteiger partial charge in [0.15, 0.2) is 0 Å². The Morgan fingerprint density at radius 1 is 1.12 bits per heavy atom. The summed E-state index contributed by atoms with van der Waals surface area (Å²) in [6.07, 6.45) is 10.2. The molecule has 2 fully saturated rings. The van der Waals surface area contributed by atoms with Gasteiger partial charge in [0.05, 0.1) is 12.9 Å². The van der Waals surface area contributed by atoms with Crippen LogP contribution < -0.4 is 0 Å². The highest BCUT2D eigenvalue weighted by Gasteiger charge is 2.54. The molecule has 0 heterocycles. The molecular formula is C28H36O4S. The summed E-state index contributed by atoms with van der Waals surface area (Å²) < 4.78 is 27.2. The summed E-state index contributed by atoms with van der Waals surface area (Å²) >= 11 is 0. The van der Waals surface area contributed by atoms with Gasteiger partial charge in [-0.25, -0.2) is 0 Å². The normalized spacial score (nSPS) is 31.0. The van der Waals surface area contributed by atoms with Crippen LogP contribution >= 0.6 is 0 Å². The molecule has 0 saturated heterocycles. The van der Waals surface area contributed by atoms with E-state index in [1.807, 2.05) is 12.1 Å². The summed E-state index contributed by atoms with van der Waals surface area (Å²) in [6.45, 7) is 2.77. The number of fused-ring (bicyclic) bond motifs is 5. The number of hydrogen-bond acceptors (Lipinski definition) is 4. The van der Waals surface area contributed by atoms with E-state index in [1.165, 1.54) is 54.4 Å². The lowest BCUT2D eigenvalue weighted by molar-refractivity contribution is 0.0431. The molecule has 0 aromatic heterocycles. The Balaban J connectivity index is 1.40. The summed E-state index contributed by atoms with van der Waals surface area (Å²) in [5.41, 5.74) is 5.88. The second-order valence-corrected chi connectivity index (χ2v) is 12.6. The van der Waals surface area contributed by atoms with Gasteiger partial charge in [-0.05, 0) is 108 Å². The summed E-state index contributed by atoms with van der Waals surface area (Å²) in [4.78, 5) is 0. The molecule has 0 spiro atoms. The summed E-state index contributed by atoms with van der Waals surface area (Å²) in [7, 11) is -3.37. The fourth-order valence-corrected chi connectivity index (χ4v) is 7.87. The molecule has 2 saturated carbocycles. The minimum Gasteiger partial charge on any atom is -0.508 e. The van der Waals surface area contributed by atoms with E-state index in [2.05, 4.69) is 37.3 Å². The predicted molar refractivity (Wildman–Crippen MR) is 131 cm³/mol. The molecule has 2 aromatic carbocycles. The van der Waals surface area contributed by atoms with E-state index in [1.54, 1.807) is 0 Å². The second-order valence-electron chi connectivity index (χ2n) is 10.9. The van der Waals surface area contributed by atoms with Crippen molar-refractivity contribution in [3.05, 3.63) is 64.7 Å². The van der Waals surface area contributed by atoms with Gasteiger partial charge >= 0.3 is 0 Å². The van der Waals surface area contributed by atoms with Gasteiger partial charge < -0.3 is 5.11 Å². The monoisotopic (exact) mass is 468 g/mol. The topological polar surface area (TPSA) is 63.6 Å². The van der Waals surface area contributed by atoms with Crippen molar-refractivity contribution in [2.75, 3.05) is 12.9 Å². The van der Waals surface area contributed by atoms with Crippen LogP contribution in [0.1, 0.15) is 79.5 Å². The average molecular weight is 469 g/mol. The van der Waals surface area contributed by atoms with Crippen LogP contribution in [-0.2, 0) is 27.1 Å². The minimum atomic E-state index is -3.37. The molecule has 5 heteroatoms. The second kappa shape index (κ2) is 8.74. The molecule has 3 aliphatic rings. The number of benzene rings is 2. The molecule has 1 N–H and O–H groups in total. The van der Waals surface area contributed by atoms with E-state index >= 15 is 0 Å². The fourth-order valence-electron chi connectivity index (χ4n) is 7.45. The molecule has 3 aliphatic carbocycles. The first-order chi connectivity index (χ1) is 15.7. The first-order valence-electron chi connectivity index (χ1n) is 12.5. The molecule has 0 bridgehead atoms. The van der Waals surface area contributed by atoms with Crippen LogP contribution in [0.4, 0.5) is 0 Å². The third-order valence-corrected chi connectivity index (χ3v) is 9.40. The van der Waals surface area contributed by atoms with E-state index in [0.29, 0.717) is 29.4 Å². The lowest BCUT2D eigenvalue weighted by Crippen LogP contribution is -2.43. The molecule has 2 aromatic rings. The van der Waals surface area contributed by atoms with Crippen molar-refractivity contribution < 1.29 is 17.7 Å². The van der Waals surface area contributed by atoms with Crippen LogP contribution in [0.2, 0.25) is 0 Å². The Hall–Kier alpha value is -1.85. The van der Waals surface area contributed by atoms with Crippen molar-refractivity contribution >= 4 is 10.1 Å². The molecule has 178 valence electrons. The molecule has 0 unspecified atom stereocenters. The van der Waals surface area contributed by atoms with Crippen molar-refractivity contribution in [2.24, 2.45) is 17.3 Å². The lowest BCUT2D eigenvalue weighted by Gasteiger charge is -2.53. The van der Waals surface area contributed by atoms with Crippen molar-refractivity contribution in [3.63, 3.8) is 0 Å². The molecule has 0 radical (unpaired) electrons. The quantitative estimate of drug-likeness (QED) is 0.421. The van der Waals surface area contributed by atoms with Crippen LogP contribution in [0, 0.1) is 17.3 Å². The van der Waals surface area contributed by atoms with Crippen LogP contribution in [0.3, 0.4) is 0 Å². The number of aryl methyl sites for hydroxylation is 2. The molecule has 33 heavy (non-hydrogen) atoms. The van der Waals surface area contributed by atoms with E-state index in [9.17, 15) is 13.5 Å². The summed E-state index contributed by atoms with van der Waals surface area (Å²) in [5.74, 6) is 2.95. The summed E-state index contributed by atoms with van der Waals surface area (Å²) in [6, 6.07) is 15.1. The maximum Gasteiger partial charge on any atom is 0.264 e. The van der Waals surface area contributed by atoms with Gasteiger partial charge in [0, 0.05) is 0 Å². The fraction of sp³-hybridized carbons (Fsp3) is 0.571. The van der Waals surface area contributed by atoms with Gasteiger partial charge in [-0.1, -0.05) is 43.7 Å². The zero-order valence-electron chi connectivity index (χ0n) is 19.8. The van der Waals surface area contributed by atoms with Gasteiger partial charge in [-0.15, -0.1) is 0 Å². The molecule has 5 atom stereocenters. The summed E-state index contributed by atoms with van der Waals surface area (Å²) in [5, 5.41) is 10.1. The van der Waals surface area contributed by atoms with Gasteiger partial charge in [0.2, 0.25) is 0 Å². The minimum absolute atomic E-state index is 0.232. The standard InChI is InChI=1S/C28H36O4S/c1-28-15-3-6-26(28)24-13-11-21-17-22(29)12-14-23(21)27(24)25(18-28)20-9-7-19(8-10-20)5-4-16-32-33(2,30)31/h7-10,12,14,17,24-27,29H,3-6,11,13,15-16,18H2,1-2H3/t24-,25+,26-,27+,28-/m0/s1. The van der Waals surface area contributed by atoms with Crippen molar-refractivity contribution in [3.8, 4) is 5.75 Å². The Bertz CT molecular complexity index is 1110. The van der Waals surface area contributed by atoms with E-state index in [4.69, 9.17) is 4.18 Å². The SMILES string of the molecule is C[C@@]12CCC[C@H]1[C@@H]1CCc3cc(O)ccc3[C@H]1[C@@H](c1ccc(CCCOS(C)(=O)=O)cc1)C2. The zero-order valence-corrected chi connectivity index (χ0v) is 20.6. The number of phenols is 1. The van der Waals surface area contributed by atoms with Crippen molar-refractivity contribution in [2.45, 2.75) is 70.1 Å². The number of phenolic OH excluding ortho intramolecular Hbond substituents is 1. The van der Waals surface area contributed by atoms with E-state index in [-0.39, 0.29) is 6.61 Å². The van der Waals surface area contributed by atoms with Crippen LogP contribution in [-0.4, -0.2) is 26.4 Å². The van der Waals surface area contributed by atoms with E-state index < -0.39 is 10.1 Å². The highest BCUT2D eigenvalue weighted by molar-refractivity contribution is 7.85. The number of aromatic hydroxyl groups is 1. The first kappa shape index (κ1) is 22.9. The van der Waals surface area contributed by atoms with Gasteiger partial charge in [-0.3, -0.25) is 4.18 Å². The van der Waals surface area contributed by atoms with Crippen LogP contribution in [0.25, 0.3) is 0 Å². The highest BCUT2D eigenvalue weighted by Crippen LogP contribution is 2.65. The first-order valence-corrected chi connectivity index (χ1v) is 14.3. The smallest absolute Gasteiger partial charge is 0.264 e. The molecule has 0 aliphatic heterocycles. The van der Waals surface area contributed by atoms with Crippen molar-refractivity contribution in [1.29, 1.82) is 0 Å². The Labute approximate surface area is 198 Å². The van der Waals surface area contributed by atoms with Crippen LogP contribution in [0.15, 0.2) is 42.5 Å². The highest BCUT2D eigenvalue weighted by atomic mass is 32.2. The van der Waals surface area contributed by atoms with Gasteiger partial charge in [-0.2, -0.15) is 8.42 Å². The Kier molecular flexibility index (Phi) is 6.07. The maximum absolute atomic E-state index is 11.2. The van der Waals surface area contributed by atoms with E-state index in [0.717, 1.165) is 30.9 Å². The van der Waals surface area contributed by atoms with Crippen LogP contribution in [0.5, 0.6) is 5.75 Å². The zero-order chi connectivity index (χ0) is 23.2. The number of rotatable bonds is 6. The molecule has 5 rings (SSSR count). The molecule has 0 amide bonds. The third kappa shape index (κ3) is 4.59. The molecule has 4 nitrogen and oxygen atoms in total. The number of hydrogen-bond donors (Lipinski definition) is 1. The van der Waals surface area contributed by atoms with Gasteiger partial charge in [0.1, 0.15) is 5.75 Å². The van der Waals surface area contributed by atoms with Gasteiger partial charge in [0.25, 0.3) is 10.1 Å². The molecular weight excluding hydrogens is 432 g/mol. The Morgan fingerprint density at radius 3 is 2.67 bits per heavy atom. The van der Waals surface area contributed by atoms with Crippen molar-refractivity contribution in [1.82, 2.24) is 0 Å². The predicted octanol–water partition coefficient (Wildman–Crippen LogP) is 5.94. The average Bonchev–Trinajstić information content (AvgIpc) is 3.17. The Morgan fingerprint density at radius 2 is 1.91 bits per heavy atom. The third-order valence-electron chi connectivity index (χ3n) is 8.80. The largest absolute Gasteiger partial charge is 0.508 e.